The lowest BCUT2D eigenvalue weighted by Crippen LogP contribution is -2.05. The molecule has 6 nitrogen and oxygen atoms in total. The zero-order chi connectivity index (χ0) is 24.8. The molecular formula is C24H14F3O6S-. The molecule has 0 aliphatic heterocycles. The second-order valence-corrected chi connectivity index (χ2v) is 8.67. The summed E-state index contributed by atoms with van der Waals surface area (Å²) in [5.41, 5.74) is -0.478. The van der Waals surface area contributed by atoms with Gasteiger partial charge in [-0.2, -0.15) is 0 Å². The molecule has 0 unspecified atom stereocenters. The van der Waals surface area contributed by atoms with Crippen molar-refractivity contribution in [1.82, 2.24) is 0 Å². The molecule has 0 fully saturated rings. The summed E-state index contributed by atoms with van der Waals surface area (Å²) in [6, 6.07) is 11.6. The largest absolute Gasteiger partial charge is 0.744 e. The Morgan fingerprint density at radius 2 is 0.912 bits per heavy atom. The van der Waals surface area contributed by atoms with Crippen molar-refractivity contribution in [3.63, 3.8) is 0 Å². The molecule has 0 saturated heterocycles. The quantitative estimate of drug-likeness (QED) is 0.344. The average molecular weight is 487 g/mol. The van der Waals surface area contributed by atoms with Gasteiger partial charge in [-0.1, -0.05) is 18.2 Å². The number of hydrogen-bond donors (Lipinski definition) is 3. The van der Waals surface area contributed by atoms with Crippen molar-refractivity contribution in [2.45, 2.75) is 4.90 Å². The van der Waals surface area contributed by atoms with Gasteiger partial charge in [-0.05, 0) is 70.8 Å². The summed E-state index contributed by atoms with van der Waals surface area (Å²) in [6.07, 6.45) is 0. The highest BCUT2D eigenvalue weighted by Gasteiger charge is 2.22. The van der Waals surface area contributed by atoms with Crippen LogP contribution in [-0.4, -0.2) is 28.3 Å². The number of phenolic OH excluding ortho intramolecular Hbond substituents is 3. The van der Waals surface area contributed by atoms with Gasteiger partial charge in [0.1, 0.15) is 10.1 Å². The minimum absolute atomic E-state index is 0.105. The summed E-state index contributed by atoms with van der Waals surface area (Å²) < 4.78 is 79.2. The predicted molar refractivity (Wildman–Crippen MR) is 116 cm³/mol. The van der Waals surface area contributed by atoms with Gasteiger partial charge in [0.05, 0.1) is 4.90 Å². The van der Waals surface area contributed by atoms with Crippen molar-refractivity contribution in [2.75, 3.05) is 0 Å². The van der Waals surface area contributed by atoms with Crippen LogP contribution in [0.3, 0.4) is 0 Å². The number of halogens is 3. The summed E-state index contributed by atoms with van der Waals surface area (Å²) >= 11 is 0. The first kappa shape index (κ1) is 23.1. The Hall–Kier alpha value is -4.02. The van der Waals surface area contributed by atoms with Gasteiger partial charge in [0.25, 0.3) is 0 Å². The van der Waals surface area contributed by atoms with Crippen molar-refractivity contribution in [3.05, 3.63) is 84.2 Å². The fourth-order valence-electron chi connectivity index (χ4n) is 3.53. The lowest BCUT2D eigenvalue weighted by atomic mass is 9.92. The van der Waals surface area contributed by atoms with Crippen LogP contribution in [0.2, 0.25) is 0 Å². The standard InChI is InChI=1S/C24H15F3O6S/c25-18-9-12(1-4-21(18)28)15-7-16(13-2-5-22(29)19(26)10-13)24(34(31,32)33)17(8-15)14-3-6-23(30)20(27)11-14/h1-11,28-30H,(H,31,32,33)/p-1. The van der Waals surface area contributed by atoms with Gasteiger partial charge in [0, 0.05) is 11.1 Å². The Morgan fingerprint density at radius 3 is 1.26 bits per heavy atom. The van der Waals surface area contributed by atoms with Crippen molar-refractivity contribution < 1.29 is 41.5 Å². The highest BCUT2D eigenvalue weighted by atomic mass is 32.2. The van der Waals surface area contributed by atoms with Crippen LogP contribution in [0.4, 0.5) is 13.2 Å². The van der Waals surface area contributed by atoms with Crippen LogP contribution in [0.5, 0.6) is 17.2 Å². The number of benzene rings is 4. The summed E-state index contributed by atoms with van der Waals surface area (Å²) in [5.74, 6) is -5.23. The van der Waals surface area contributed by atoms with E-state index in [0.29, 0.717) is 0 Å². The van der Waals surface area contributed by atoms with E-state index in [4.69, 9.17) is 0 Å². The highest BCUT2D eigenvalue weighted by Crippen LogP contribution is 2.41. The smallest absolute Gasteiger partial charge is 0.165 e. The third kappa shape index (κ3) is 4.28. The van der Waals surface area contributed by atoms with Gasteiger partial charge in [0.15, 0.2) is 34.7 Å². The highest BCUT2D eigenvalue weighted by molar-refractivity contribution is 7.86. The summed E-state index contributed by atoms with van der Waals surface area (Å²) in [6.45, 7) is 0. The maximum absolute atomic E-state index is 14.1. The van der Waals surface area contributed by atoms with Crippen LogP contribution >= 0.6 is 0 Å². The topological polar surface area (TPSA) is 118 Å². The Balaban J connectivity index is 2.14. The predicted octanol–water partition coefficient (Wildman–Crippen LogP) is 5.13. The summed E-state index contributed by atoms with van der Waals surface area (Å²) in [7, 11) is -5.25. The molecule has 0 aromatic heterocycles. The normalized spacial score (nSPS) is 11.5. The molecule has 4 aromatic rings. The summed E-state index contributed by atoms with van der Waals surface area (Å²) in [4.78, 5) is -0.814. The molecular weight excluding hydrogens is 473 g/mol. The van der Waals surface area contributed by atoms with Gasteiger partial charge in [-0.25, -0.2) is 21.6 Å². The van der Waals surface area contributed by atoms with E-state index in [1.807, 2.05) is 0 Å². The van der Waals surface area contributed by atoms with E-state index in [2.05, 4.69) is 0 Å². The average Bonchev–Trinajstić information content (AvgIpc) is 2.78. The van der Waals surface area contributed by atoms with Crippen LogP contribution in [0.1, 0.15) is 0 Å². The van der Waals surface area contributed by atoms with Crippen molar-refractivity contribution >= 4 is 10.1 Å². The van der Waals surface area contributed by atoms with Gasteiger partial charge in [0.2, 0.25) is 0 Å². The first-order valence-corrected chi connectivity index (χ1v) is 11.0. The maximum Gasteiger partial charge on any atom is 0.165 e. The first-order valence-electron chi connectivity index (χ1n) is 9.56. The fourth-order valence-corrected chi connectivity index (χ4v) is 4.42. The molecule has 0 bridgehead atoms. The Labute approximate surface area is 191 Å². The molecule has 0 heterocycles. The number of aromatic hydroxyl groups is 3. The van der Waals surface area contributed by atoms with Gasteiger partial charge in [-0.3, -0.25) is 0 Å². The zero-order valence-electron chi connectivity index (χ0n) is 17.0. The second kappa shape index (κ2) is 8.40. The molecule has 0 atom stereocenters. The maximum atomic E-state index is 14.1. The van der Waals surface area contributed by atoms with E-state index in [-0.39, 0.29) is 33.4 Å². The van der Waals surface area contributed by atoms with Gasteiger partial charge < -0.3 is 19.9 Å². The number of hydrogen-bond acceptors (Lipinski definition) is 6. The molecule has 0 amide bonds. The minimum atomic E-state index is -5.25. The van der Waals surface area contributed by atoms with Crippen LogP contribution in [0.15, 0.2) is 71.6 Å². The van der Waals surface area contributed by atoms with Crippen molar-refractivity contribution in [2.24, 2.45) is 0 Å². The van der Waals surface area contributed by atoms with E-state index >= 15 is 0 Å². The summed E-state index contributed by atoms with van der Waals surface area (Å²) in [5, 5.41) is 28.5. The third-order valence-electron chi connectivity index (χ3n) is 5.14. The van der Waals surface area contributed by atoms with Gasteiger partial charge in [-0.15, -0.1) is 0 Å². The van der Waals surface area contributed by atoms with E-state index in [0.717, 1.165) is 36.4 Å². The van der Waals surface area contributed by atoms with E-state index < -0.39 is 49.7 Å². The molecule has 0 saturated carbocycles. The lowest BCUT2D eigenvalue weighted by molar-refractivity contribution is 0.432. The molecule has 4 rings (SSSR count). The zero-order valence-corrected chi connectivity index (χ0v) is 17.8. The van der Waals surface area contributed by atoms with E-state index in [9.17, 15) is 41.5 Å². The molecule has 0 spiro atoms. The number of rotatable bonds is 4. The Kier molecular flexibility index (Phi) is 5.72. The van der Waals surface area contributed by atoms with Crippen molar-refractivity contribution in [1.29, 1.82) is 0 Å². The molecule has 0 radical (unpaired) electrons. The monoisotopic (exact) mass is 487 g/mol. The van der Waals surface area contributed by atoms with Gasteiger partial charge >= 0.3 is 0 Å². The molecule has 3 N–H and O–H groups in total. The minimum Gasteiger partial charge on any atom is -0.744 e. The molecule has 0 aliphatic rings. The number of phenols is 3. The molecule has 34 heavy (non-hydrogen) atoms. The molecule has 174 valence electrons. The molecule has 10 heteroatoms. The molecule has 4 aromatic carbocycles. The second-order valence-electron chi connectivity index (χ2n) is 7.35. The third-order valence-corrected chi connectivity index (χ3v) is 6.08. The van der Waals surface area contributed by atoms with Crippen LogP contribution < -0.4 is 0 Å². The molecule has 0 aliphatic carbocycles. The van der Waals surface area contributed by atoms with Crippen LogP contribution in [0, 0.1) is 17.5 Å². The lowest BCUT2D eigenvalue weighted by Gasteiger charge is -2.21. The van der Waals surface area contributed by atoms with Crippen LogP contribution in [-0.2, 0) is 10.1 Å². The van der Waals surface area contributed by atoms with Crippen LogP contribution in [0.25, 0.3) is 33.4 Å². The SMILES string of the molecule is O=S(=O)([O-])c1c(-c2ccc(O)c(F)c2)cc(-c2ccc(O)c(F)c2)cc1-c1ccc(O)c(F)c1. The van der Waals surface area contributed by atoms with E-state index in [1.54, 1.807) is 0 Å². The Morgan fingerprint density at radius 1 is 0.559 bits per heavy atom. The Bertz CT molecular complexity index is 1480. The van der Waals surface area contributed by atoms with Crippen molar-refractivity contribution in [3.8, 4) is 50.6 Å². The fraction of sp³-hybridized carbons (Fsp3) is 0. The van der Waals surface area contributed by atoms with E-state index in [1.165, 1.54) is 30.3 Å². The first-order chi connectivity index (χ1) is 16.0.